The summed E-state index contributed by atoms with van der Waals surface area (Å²) in [6, 6.07) is 9.24. The first kappa shape index (κ1) is 26.1. The van der Waals surface area contributed by atoms with Crippen LogP contribution in [0.2, 0.25) is 0 Å². The molecule has 0 radical (unpaired) electrons. The number of amidine groups is 1. The van der Waals surface area contributed by atoms with Crippen LogP contribution in [0.3, 0.4) is 0 Å². The number of benzene rings is 2. The second-order valence-corrected chi connectivity index (χ2v) is 9.11. The molecule has 0 aliphatic carbocycles. The first-order valence-electron chi connectivity index (χ1n) is 11.2. The molecular formula is C25H21F3N4O4S. The number of alkyl halides is 3. The van der Waals surface area contributed by atoms with Gasteiger partial charge in [-0.3, -0.25) is 9.59 Å². The summed E-state index contributed by atoms with van der Waals surface area (Å²) in [5.41, 5.74) is -0.679. The van der Waals surface area contributed by atoms with Gasteiger partial charge in [0.1, 0.15) is 5.75 Å². The van der Waals surface area contributed by atoms with Crippen LogP contribution < -0.4 is 14.8 Å². The number of methoxy groups -OCH3 is 1. The van der Waals surface area contributed by atoms with Crippen molar-refractivity contribution in [2.75, 3.05) is 26.7 Å². The Labute approximate surface area is 214 Å². The maximum atomic E-state index is 13.5. The lowest BCUT2D eigenvalue weighted by atomic mass is 10.1. The number of hydrogen-bond donors (Lipinski definition) is 1. The number of hydrogen-bond acceptors (Lipinski definition) is 7. The van der Waals surface area contributed by atoms with E-state index in [4.69, 9.17) is 14.7 Å². The number of ether oxygens (including phenoxy) is 2. The van der Waals surface area contributed by atoms with Crippen molar-refractivity contribution in [3.8, 4) is 23.3 Å². The average Bonchev–Trinajstić information content (AvgIpc) is 3.43. The fraction of sp³-hybridized carbons (Fsp3) is 0.280. The lowest BCUT2D eigenvalue weighted by Gasteiger charge is -2.16. The van der Waals surface area contributed by atoms with Gasteiger partial charge in [-0.15, -0.1) is 0 Å². The molecule has 2 aromatic rings. The van der Waals surface area contributed by atoms with Crippen molar-refractivity contribution in [1.29, 1.82) is 5.26 Å². The number of nitrogens with zero attached hydrogens (tertiary/aromatic N) is 3. The highest BCUT2D eigenvalue weighted by molar-refractivity contribution is 8.18. The fourth-order valence-corrected chi connectivity index (χ4v) is 4.60. The molecule has 8 nitrogen and oxygen atoms in total. The zero-order chi connectivity index (χ0) is 26.6. The normalized spacial score (nSPS) is 16.7. The smallest absolute Gasteiger partial charge is 0.420 e. The number of likely N-dealkylation sites (tertiary alicyclic amines) is 1. The van der Waals surface area contributed by atoms with Crippen molar-refractivity contribution < 1.29 is 32.2 Å². The maximum Gasteiger partial charge on any atom is 0.420 e. The largest absolute Gasteiger partial charge is 0.493 e. The highest BCUT2D eigenvalue weighted by atomic mass is 32.2. The Hall–Kier alpha value is -3.98. The molecule has 0 unspecified atom stereocenters. The number of nitriles is 1. The number of amides is 2. The monoisotopic (exact) mass is 530 g/mol. The average molecular weight is 531 g/mol. The molecule has 12 heteroatoms. The van der Waals surface area contributed by atoms with Crippen LogP contribution in [0.1, 0.15) is 29.5 Å². The van der Waals surface area contributed by atoms with E-state index in [1.807, 2.05) is 0 Å². The van der Waals surface area contributed by atoms with Gasteiger partial charge in [-0.25, -0.2) is 0 Å². The Balaban J connectivity index is 1.45. The highest BCUT2D eigenvalue weighted by Gasteiger charge is 2.35. The molecule has 2 heterocycles. The number of aliphatic imine (C=N–C) groups is 1. The summed E-state index contributed by atoms with van der Waals surface area (Å²) in [6.45, 7) is 1.72. The van der Waals surface area contributed by atoms with E-state index in [1.165, 1.54) is 25.3 Å². The van der Waals surface area contributed by atoms with Gasteiger partial charge in [0.15, 0.2) is 16.7 Å². The number of carbonyl (C=O) groups is 2. The van der Waals surface area contributed by atoms with Crippen molar-refractivity contribution in [1.82, 2.24) is 10.2 Å². The van der Waals surface area contributed by atoms with E-state index in [1.54, 1.807) is 23.1 Å². The zero-order valence-corrected chi connectivity index (χ0v) is 20.4. The minimum atomic E-state index is -4.73. The van der Waals surface area contributed by atoms with Gasteiger partial charge in [0.2, 0.25) is 5.91 Å². The summed E-state index contributed by atoms with van der Waals surface area (Å²) in [7, 11) is 1.34. The number of rotatable bonds is 7. The predicted octanol–water partition coefficient (Wildman–Crippen LogP) is 4.56. The summed E-state index contributed by atoms with van der Waals surface area (Å²) in [5.74, 6) is -0.611. The molecule has 2 amide bonds. The standard InChI is InChI=1S/C25H21F3N4O4S/c1-35-20-12-15(4-7-19(20)36-18-6-5-16(14-29)11-17(18)25(26,27)28)13-21-23(34)31-24(37-21)30-8-10-32-9-2-3-22(32)33/h4-7,11-13H,2-3,8-10H2,1H3,(H,30,31,34). The molecule has 1 saturated heterocycles. The van der Waals surface area contributed by atoms with Crippen LogP contribution in [-0.4, -0.2) is 48.6 Å². The zero-order valence-electron chi connectivity index (χ0n) is 19.6. The maximum absolute atomic E-state index is 13.5. The van der Waals surface area contributed by atoms with Gasteiger partial charge in [0.05, 0.1) is 29.2 Å². The first-order valence-corrected chi connectivity index (χ1v) is 12.0. The highest BCUT2D eigenvalue weighted by Crippen LogP contribution is 2.41. The molecule has 192 valence electrons. The summed E-state index contributed by atoms with van der Waals surface area (Å²) in [4.78, 5) is 30.1. The molecule has 4 rings (SSSR count). The van der Waals surface area contributed by atoms with E-state index in [0.29, 0.717) is 35.1 Å². The Morgan fingerprint density at radius 2 is 1.97 bits per heavy atom. The van der Waals surface area contributed by atoms with Gasteiger partial charge in [0, 0.05) is 26.1 Å². The van der Waals surface area contributed by atoms with Crippen LogP contribution in [0.5, 0.6) is 17.2 Å². The van der Waals surface area contributed by atoms with E-state index in [9.17, 15) is 22.8 Å². The lowest BCUT2D eigenvalue weighted by Crippen LogP contribution is -2.34. The molecule has 2 aliphatic rings. The van der Waals surface area contributed by atoms with Crippen LogP contribution in [0.15, 0.2) is 46.3 Å². The van der Waals surface area contributed by atoms with Crippen LogP contribution >= 0.6 is 11.8 Å². The number of nitrogens with one attached hydrogen (secondary N) is 1. The van der Waals surface area contributed by atoms with E-state index in [2.05, 4.69) is 10.3 Å². The van der Waals surface area contributed by atoms with Gasteiger partial charge in [0.25, 0.3) is 5.91 Å². The third-order valence-electron chi connectivity index (χ3n) is 5.57. The number of halogens is 3. The topological polar surface area (TPSA) is 104 Å². The molecule has 2 aromatic carbocycles. The molecule has 0 atom stereocenters. The fourth-order valence-electron chi connectivity index (χ4n) is 3.76. The first-order chi connectivity index (χ1) is 17.7. The van der Waals surface area contributed by atoms with Crippen LogP contribution in [-0.2, 0) is 15.8 Å². The van der Waals surface area contributed by atoms with Crippen molar-refractivity contribution in [2.24, 2.45) is 4.99 Å². The van der Waals surface area contributed by atoms with Gasteiger partial charge in [-0.1, -0.05) is 6.07 Å². The van der Waals surface area contributed by atoms with Gasteiger partial charge in [-0.2, -0.15) is 23.4 Å². The van der Waals surface area contributed by atoms with Crippen molar-refractivity contribution >= 4 is 34.8 Å². The third kappa shape index (κ3) is 6.24. The van der Waals surface area contributed by atoms with E-state index in [0.717, 1.165) is 36.9 Å². The Morgan fingerprint density at radius 3 is 2.65 bits per heavy atom. The van der Waals surface area contributed by atoms with Gasteiger partial charge >= 0.3 is 6.18 Å². The molecular weight excluding hydrogens is 509 g/mol. The predicted molar refractivity (Wildman–Crippen MR) is 131 cm³/mol. The SMILES string of the molecule is COc1cc(C=C2SC(NCCN3CCCC3=O)=NC2=O)ccc1Oc1ccc(C#N)cc1C(F)(F)F. The van der Waals surface area contributed by atoms with Crippen LogP contribution in [0.25, 0.3) is 6.08 Å². The summed E-state index contributed by atoms with van der Waals surface area (Å²) in [6.07, 6.45) is -1.73. The third-order valence-corrected chi connectivity index (χ3v) is 6.51. The van der Waals surface area contributed by atoms with E-state index in [-0.39, 0.29) is 23.0 Å². The van der Waals surface area contributed by atoms with E-state index < -0.39 is 23.4 Å². The quantitative estimate of drug-likeness (QED) is 0.524. The minimum Gasteiger partial charge on any atom is -0.493 e. The molecule has 0 bridgehead atoms. The van der Waals surface area contributed by atoms with Crippen molar-refractivity contribution in [3.05, 3.63) is 58.0 Å². The molecule has 0 spiro atoms. The molecule has 1 fully saturated rings. The van der Waals surface area contributed by atoms with Crippen LogP contribution in [0, 0.1) is 11.3 Å². The summed E-state index contributed by atoms with van der Waals surface area (Å²) >= 11 is 1.15. The second-order valence-electron chi connectivity index (χ2n) is 8.08. The van der Waals surface area contributed by atoms with E-state index >= 15 is 0 Å². The van der Waals surface area contributed by atoms with Gasteiger partial charge < -0.3 is 19.7 Å². The van der Waals surface area contributed by atoms with Crippen molar-refractivity contribution in [2.45, 2.75) is 19.0 Å². The Kier molecular flexibility index (Phi) is 7.73. The molecule has 0 saturated carbocycles. The number of thioether (sulfide) groups is 1. The van der Waals surface area contributed by atoms with Crippen LogP contribution in [0.4, 0.5) is 13.2 Å². The molecule has 2 aliphatic heterocycles. The minimum absolute atomic E-state index is 0.0281. The van der Waals surface area contributed by atoms with Gasteiger partial charge in [-0.05, 0) is 60.2 Å². The lowest BCUT2D eigenvalue weighted by molar-refractivity contribution is -0.138. The second kappa shape index (κ2) is 11.0. The Morgan fingerprint density at radius 1 is 1.19 bits per heavy atom. The van der Waals surface area contributed by atoms with Crippen molar-refractivity contribution in [3.63, 3.8) is 0 Å². The molecule has 1 N–H and O–H groups in total. The Bertz CT molecular complexity index is 1330. The molecule has 37 heavy (non-hydrogen) atoms. The molecule has 0 aromatic heterocycles. The summed E-state index contributed by atoms with van der Waals surface area (Å²) < 4.78 is 51.3. The number of carbonyl (C=O) groups excluding carboxylic acids is 2. The summed E-state index contributed by atoms with van der Waals surface area (Å²) in [5, 5.41) is 12.4.